The number of nitrogen functional groups attached to an aromatic ring is 1. The highest BCUT2D eigenvalue weighted by molar-refractivity contribution is 5.73. The van der Waals surface area contributed by atoms with Crippen LogP contribution in [0.1, 0.15) is 26.5 Å². The molecule has 0 amide bonds. The topological polar surface area (TPSA) is 125 Å². The van der Waals surface area contributed by atoms with Gasteiger partial charge in [0.2, 0.25) is 5.95 Å². The van der Waals surface area contributed by atoms with E-state index >= 15 is 0 Å². The maximum Gasteiger partial charge on any atom is 0.222 e. The van der Waals surface area contributed by atoms with E-state index in [2.05, 4.69) is 35.6 Å². The number of pyridine rings is 1. The molecule has 0 saturated carbocycles. The van der Waals surface area contributed by atoms with E-state index in [0.717, 1.165) is 5.69 Å². The van der Waals surface area contributed by atoms with Crippen molar-refractivity contribution in [3.8, 4) is 11.5 Å². The summed E-state index contributed by atoms with van der Waals surface area (Å²) in [4.78, 5) is 17.0. The third-order valence-corrected chi connectivity index (χ3v) is 4.15. The van der Waals surface area contributed by atoms with Crippen molar-refractivity contribution in [2.45, 2.75) is 39.4 Å². The standard InChI is InChI=1S/C18H21FN10/c1-10(2)24-13-5-16(28-9-23-14-6-22-18(20)25-17(14)28)21-7-15(13)29-8-12(26-27-29)4-11(3)19/h5-11H,4H2,1-3H3,(H,21,24)(H2,20,22,25). The second-order valence-electron chi connectivity index (χ2n) is 7.05. The molecule has 10 nitrogen and oxygen atoms in total. The second kappa shape index (κ2) is 7.41. The van der Waals surface area contributed by atoms with E-state index in [1.807, 2.05) is 19.9 Å². The molecule has 11 heteroatoms. The lowest BCUT2D eigenvalue weighted by molar-refractivity contribution is 0.357. The number of rotatable bonds is 6. The van der Waals surface area contributed by atoms with Crippen LogP contribution in [0.2, 0.25) is 0 Å². The number of nitrogens with zero attached hydrogens (tertiary/aromatic N) is 8. The first-order valence-electron chi connectivity index (χ1n) is 9.19. The number of hydrogen-bond acceptors (Lipinski definition) is 8. The summed E-state index contributed by atoms with van der Waals surface area (Å²) >= 11 is 0. The molecule has 150 valence electrons. The number of imidazole rings is 1. The Hall–Kier alpha value is -3.63. The van der Waals surface area contributed by atoms with Crippen LogP contribution in [0.25, 0.3) is 22.7 Å². The molecule has 0 fully saturated rings. The van der Waals surface area contributed by atoms with Crippen molar-refractivity contribution in [3.63, 3.8) is 0 Å². The molecule has 0 aliphatic rings. The normalized spacial score (nSPS) is 12.6. The number of nitrogens with two attached hydrogens (primary N) is 1. The van der Waals surface area contributed by atoms with Crippen LogP contribution >= 0.6 is 0 Å². The number of hydrogen-bond donors (Lipinski definition) is 2. The van der Waals surface area contributed by atoms with E-state index in [1.54, 1.807) is 34.2 Å². The lowest BCUT2D eigenvalue weighted by Crippen LogP contribution is -2.14. The summed E-state index contributed by atoms with van der Waals surface area (Å²) in [7, 11) is 0. The van der Waals surface area contributed by atoms with E-state index in [-0.39, 0.29) is 18.4 Å². The summed E-state index contributed by atoms with van der Waals surface area (Å²) in [5.74, 6) is 0.767. The summed E-state index contributed by atoms with van der Waals surface area (Å²) in [5, 5.41) is 11.6. The zero-order valence-corrected chi connectivity index (χ0v) is 16.3. The molecule has 0 aromatic carbocycles. The fraction of sp³-hybridized carbons (Fsp3) is 0.333. The molecule has 4 aromatic heterocycles. The fourth-order valence-electron chi connectivity index (χ4n) is 2.97. The van der Waals surface area contributed by atoms with E-state index in [0.29, 0.717) is 28.4 Å². The van der Waals surface area contributed by atoms with Crippen LogP contribution in [0, 0.1) is 0 Å². The van der Waals surface area contributed by atoms with Crippen molar-refractivity contribution in [3.05, 3.63) is 36.7 Å². The molecule has 1 atom stereocenters. The van der Waals surface area contributed by atoms with Crippen LogP contribution in [-0.4, -0.2) is 51.7 Å². The molecule has 29 heavy (non-hydrogen) atoms. The van der Waals surface area contributed by atoms with Crippen LogP contribution < -0.4 is 11.1 Å². The van der Waals surface area contributed by atoms with Gasteiger partial charge in [-0.25, -0.2) is 24.0 Å². The highest BCUT2D eigenvalue weighted by Gasteiger charge is 2.15. The van der Waals surface area contributed by atoms with Gasteiger partial charge in [0.05, 0.1) is 30.0 Å². The molecule has 0 saturated heterocycles. The Labute approximate surface area is 166 Å². The molecule has 1 unspecified atom stereocenters. The summed E-state index contributed by atoms with van der Waals surface area (Å²) in [6, 6.07) is 2.03. The van der Waals surface area contributed by atoms with Crippen molar-refractivity contribution in [2.75, 3.05) is 11.1 Å². The van der Waals surface area contributed by atoms with Gasteiger partial charge >= 0.3 is 0 Å². The molecule has 0 radical (unpaired) electrons. The third kappa shape index (κ3) is 3.84. The molecule has 0 bridgehead atoms. The van der Waals surface area contributed by atoms with Crippen LogP contribution in [0.4, 0.5) is 16.0 Å². The van der Waals surface area contributed by atoms with Crippen molar-refractivity contribution in [1.29, 1.82) is 0 Å². The monoisotopic (exact) mass is 396 g/mol. The van der Waals surface area contributed by atoms with Gasteiger partial charge in [-0.3, -0.25) is 4.57 Å². The lowest BCUT2D eigenvalue weighted by Gasteiger charge is -2.15. The van der Waals surface area contributed by atoms with Gasteiger partial charge in [-0.2, -0.15) is 4.98 Å². The van der Waals surface area contributed by atoms with Crippen molar-refractivity contribution in [2.24, 2.45) is 0 Å². The van der Waals surface area contributed by atoms with Crippen LogP contribution in [0.15, 0.2) is 31.0 Å². The van der Waals surface area contributed by atoms with Crippen molar-refractivity contribution in [1.82, 2.24) is 39.5 Å². The van der Waals surface area contributed by atoms with Gasteiger partial charge in [0.1, 0.15) is 29.5 Å². The first kappa shape index (κ1) is 18.7. The van der Waals surface area contributed by atoms with Gasteiger partial charge < -0.3 is 11.1 Å². The Morgan fingerprint density at radius 1 is 1.17 bits per heavy atom. The summed E-state index contributed by atoms with van der Waals surface area (Å²) in [6.45, 7) is 5.55. The minimum absolute atomic E-state index is 0.161. The lowest BCUT2D eigenvalue weighted by atomic mass is 10.2. The van der Waals surface area contributed by atoms with Gasteiger partial charge in [0.25, 0.3) is 0 Å². The average Bonchev–Trinajstić information content (AvgIpc) is 3.27. The van der Waals surface area contributed by atoms with Gasteiger partial charge in [-0.15, -0.1) is 5.10 Å². The molecule has 0 aliphatic carbocycles. The number of fused-ring (bicyclic) bond motifs is 1. The smallest absolute Gasteiger partial charge is 0.222 e. The Bertz CT molecular complexity index is 1150. The zero-order chi connectivity index (χ0) is 20.5. The fourth-order valence-corrected chi connectivity index (χ4v) is 2.97. The molecule has 0 spiro atoms. The summed E-state index contributed by atoms with van der Waals surface area (Å²) < 4.78 is 16.6. The average molecular weight is 396 g/mol. The number of nitrogens with one attached hydrogen (secondary N) is 1. The second-order valence-corrected chi connectivity index (χ2v) is 7.05. The first-order valence-corrected chi connectivity index (χ1v) is 9.19. The van der Waals surface area contributed by atoms with E-state index in [1.165, 1.54) is 6.92 Å². The van der Waals surface area contributed by atoms with Crippen LogP contribution in [0.3, 0.4) is 0 Å². The SMILES string of the molecule is CC(F)Cc1cn(-c2cnc(-n3cnc4cnc(N)nc43)cc2NC(C)C)nn1. The maximum absolute atomic E-state index is 13.3. The Kier molecular flexibility index (Phi) is 4.79. The van der Waals surface area contributed by atoms with Gasteiger partial charge in [0.15, 0.2) is 5.65 Å². The van der Waals surface area contributed by atoms with Gasteiger partial charge in [-0.1, -0.05) is 5.21 Å². The highest BCUT2D eigenvalue weighted by atomic mass is 19.1. The largest absolute Gasteiger partial charge is 0.381 e. The summed E-state index contributed by atoms with van der Waals surface area (Å²) in [6.07, 6.45) is 5.79. The molecule has 4 rings (SSSR count). The van der Waals surface area contributed by atoms with Crippen LogP contribution in [-0.2, 0) is 6.42 Å². The van der Waals surface area contributed by atoms with E-state index in [4.69, 9.17) is 5.73 Å². The minimum Gasteiger partial charge on any atom is -0.381 e. The van der Waals surface area contributed by atoms with Gasteiger partial charge in [0, 0.05) is 18.5 Å². The Balaban J connectivity index is 1.78. The molecular formula is C18H21FN10. The third-order valence-electron chi connectivity index (χ3n) is 4.15. The zero-order valence-electron chi connectivity index (χ0n) is 16.3. The van der Waals surface area contributed by atoms with Crippen molar-refractivity contribution >= 4 is 22.8 Å². The first-order chi connectivity index (χ1) is 13.9. The molecule has 4 aromatic rings. The minimum atomic E-state index is -0.988. The number of halogens is 1. The molecular weight excluding hydrogens is 375 g/mol. The molecule has 0 aliphatic heterocycles. The van der Waals surface area contributed by atoms with E-state index in [9.17, 15) is 4.39 Å². The highest BCUT2D eigenvalue weighted by Crippen LogP contribution is 2.24. The quantitative estimate of drug-likeness (QED) is 0.507. The number of aromatic nitrogens is 8. The van der Waals surface area contributed by atoms with Crippen LogP contribution in [0.5, 0.6) is 0 Å². The number of alkyl halides is 1. The Morgan fingerprint density at radius 2 is 2.00 bits per heavy atom. The Morgan fingerprint density at radius 3 is 2.76 bits per heavy atom. The summed E-state index contributed by atoms with van der Waals surface area (Å²) in [5.41, 5.74) is 8.97. The maximum atomic E-state index is 13.3. The molecule has 3 N–H and O–H groups in total. The van der Waals surface area contributed by atoms with E-state index < -0.39 is 6.17 Å². The predicted molar refractivity (Wildman–Crippen MR) is 107 cm³/mol. The molecule has 4 heterocycles. The van der Waals surface area contributed by atoms with Crippen molar-refractivity contribution < 1.29 is 4.39 Å². The van der Waals surface area contributed by atoms with Gasteiger partial charge in [-0.05, 0) is 20.8 Å². The predicted octanol–water partition coefficient (Wildman–Crippen LogP) is 2.09. The number of anilines is 2.